The number of halogens is 1. The van der Waals surface area contributed by atoms with Gasteiger partial charge < -0.3 is 4.74 Å². The molecule has 0 N–H and O–H groups in total. The smallest absolute Gasteiger partial charge is 0.416 e. The summed E-state index contributed by atoms with van der Waals surface area (Å²) in [6, 6.07) is 1.49. The van der Waals surface area contributed by atoms with Crippen molar-refractivity contribution in [2.45, 2.75) is 19.9 Å². The van der Waals surface area contributed by atoms with E-state index >= 15 is 0 Å². The highest BCUT2D eigenvalue weighted by molar-refractivity contribution is 6.28. The predicted octanol–water partition coefficient (Wildman–Crippen LogP) is 2.42. The van der Waals surface area contributed by atoms with Crippen molar-refractivity contribution in [1.29, 1.82) is 0 Å². The lowest BCUT2D eigenvalue weighted by atomic mass is 10.2. The Bertz CT molecular complexity index is 472. The minimum Gasteiger partial charge on any atom is -0.447 e. The lowest BCUT2D eigenvalue weighted by Gasteiger charge is -2.17. The number of amides is 1. The second-order valence-corrected chi connectivity index (χ2v) is 4.28. The molecule has 0 aromatic carbocycles. The Morgan fingerprint density at radius 1 is 1.65 bits per heavy atom. The Balaban J connectivity index is 2.34. The molecule has 0 unspecified atom stereocenters. The molecule has 0 bridgehead atoms. The van der Waals surface area contributed by atoms with Crippen LogP contribution in [0.3, 0.4) is 0 Å². The van der Waals surface area contributed by atoms with Crippen LogP contribution in [0.4, 0.5) is 10.6 Å². The number of hydrogen-bond acceptors (Lipinski definition) is 4. The van der Waals surface area contributed by atoms with Crippen molar-refractivity contribution in [3.8, 4) is 0 Å². The minimum atomic E-state index is -0.415. The largest absolute Gasteiger partial charge is 0.447 e. The summed E-state index contributed by atoms with van der Waals surface area (Å²) >= 11 is 5.71. The van der Waals surface area contributed by atoms with E-state index in [1.807, 2.05) is 19.9 Å². The molecule has 1 fully saturated rings. The second-order valence-electron chi connectivity index (χ2n) is 3.94. The molecule has 5 nitrogen and oxygen atoms in total. The van der Waals surface area contributed by atoms with Crippen LogP contribution in [0.2, 0.25) is 5.28 Å². The van der Waals surface area contributed by atoms with Crippen molar-refractivity contribution in [1.82, 2.24) is 9.97 Å². The third-order valence-corrected chi connectivity index (χ3v) is 2.47. The lowest BCUT2D eigenvalue weighted by molar-refractivity contribution is 0.179. The molecule has 0 radical (unpaired) electrons. The second kappa shape index (κ2) is 4.71. The van der Waals surface area contributed by atoms with E-state index in [4.69, 9.17) is 16.3 Å². The Morgan fingerprint density at radius 2 is 2.41 bits per heavy atom. The maximum Gasteiger partial charge on any atom is 0.416 e. The summed E-state index contributed by atoms with van der Waals surface area (Å²) in [6.45, 7) is 4.26. The van der Waals surface area contributed by atoms with E-state index in [-0.39, 0.29) is 11.3 Å². The van der Waals surface area contributed by atoms with E-state index in [0.29, 0.717) is 12.4 Å². The van der Waals surface area contributed by atoms with E-state index in [1.54, 1.807) is 6.07 Å². The van der Waals surface area contributed by atoms with Crippen LogP contribution in [0, 0.1) is 0 Å². The molecule has 1 aromatic rings. The highest BCUT2D eigenvalue weighted by atomic mass is 35.5. The number of allylic oxidation sites excluding steroid dienone is 1. The molecule has 1 amide bonds. The summed E-state index contributed by atoms with van der Waals surface area (Å²) in [5, 5.41) is 0.109. The molecule has 1 aliphatic heterocycles. The van der Waals surface area contributed by atoms with Crippen molar-refractivity contribution in [3.63, 3.8) is 0 Å². The molecule has 90 valence electrons. The average molecular weight is 254 g/mol. The maximum absolute atomic E-state index is 11.6. The fraction of sp³-hybridized carbons (Fsp3) is 0.364. The fourth-order valence-corrected chi connectivity index (χ4v) is 1.81. The lowest BCUT2D eigenvalue weighted by Crippen LogP contribution is -2.32. The Morgan fingerprint density at radius 3 is 3.06 bits per heavy atom. The van der Waals surface area contributed by atoms with Gasteiger partial charge in [-0.05, 0) is 31.5 Å². The van der Waals surface area contributed by atoms with E-state index in [1.165, 1.54) is 11.1 Å². The average Bonchev–Trinajstić information content (AvgIpc) is 2.59. The van der Waals surface area contributed by atoms with Gasteiger partial charge in [0, 0.05) is 6.20 Å². The van der Waals surface area contributed by atoms with Crippen LogP contribution < -0.4 is 4.90 Å². The highest BCUT2D eigenvalue weighted by Crippen LogP contribution is 2.23. The molecular weight excluding hydrogens is 242 g/mol. The van der Waals surface area contributed by atoms with Gasteiger partial charge in [-0.2, -0.15) is 0 Å². The van der Waals surface area contributed by atoms with Crippen LogP contribution in [0.15, 0.2) is 23.9 Å². The van der Waals surface area contributed by atoms with Crippen molar-refractivity contribution in [2.24, 2.45) is 0 Å². The van der Waals surface area contributed by atoms with Gasteiger partial charge in [0.15, 0.2) is 0 Å². The fourth-order valence-electron chi connectivity index (χ4n) is 1.67. The summed E-state index contributed by atoms with van der Waals surface area (Å²) in [5.74, 6) is 0.454. The molecule has 0 spiro atoms. The molecule has 1 aromatic heterocycles. The van der Waals surface area contributed by atoms with Crippen molar-refractivity contribution < 1.29 is 9.53 Å². The van der Waals surface area contributed by atoms with Gasteiger partial charge in [0.05, 0.1) is 6.04 Å². The first-order chi connectivity index (χ1) is 8.08. The van der Waals surface area contributed by atoms with Crippen LogP contribution >= 0.6 is 11.6 Å². The first-order valence-corrected chi connectivity index (χ1v) is 5.55. The number of anilines is 1. The van der Waals surface area contributed by atoms with Gasteiger partial charge in [-0.25, -0.2) is 14.8 Å². The van der Waals surface area contributed by atoms with Gasteiger partial charge in [-0.3, -0.25) is 4.90 Å². The maximum atomic E-state index is 11.6. The number of cyclic esters (lactones) is 1. The van der Waals surface area contributed by atoms with Gasteiger partial charge in [-0.15, -0.1) is 0 Å². The molecule has 1 atom stereocenters. The Kier molecular flexibility index (Phi) is 3.28. The SMILES string of the molecule is CC(C)=C[C@H]1COC(=O)N1c1ccnc(Cl)n1. The third-order valence-electron chi connectivity index (χ3n) is 2.29. The Hall–Kier alpha value is -1.62. The zero-order valence-electron chi connectivity index (χ0n) is 9.55. The highest BCUT2D eigenvalue weighted by Gasteiger charge is 2.33. The molecule has 17 heavy (non-hydrogen) atoms. The standard InChI is InChI=1S/C11H12ClN3O2/c1-7(2)5-8-6-17-11(16)15(8)9-3-4-13-10(12)14-9/h3-5,8H,6H2,1-2H3/t8-/m0/s1. The van der Waals surface area contributed by atoms with Crippen molar-refractivity contribution in [2.75, 3.05) is 11.5 Å². The quantitative estimate of drug-likeness (QED) is 0.600. The van der Waals surface area contributed by atoms with Crippen LogP contribution in [-0.2, 0) is 4.74 Å². The molecule has 2 heterocycles. The van der Waals surface area contributed by atoms with Crippen LogP contribution in [0.25, 0.3) is 0 Å². The third kappa shape index (κ3) is 2.55. The number of aromatic nitrogens is 2. The number of carbonyl (C=O) groups is 1. The van der Waals surface area contributed by atoms with Gasteiger partial charge in [0.1, 0.15) is 12.4 Å². The number of hydrogen-bond donors (Lipinski definition) is 0. The number of nitrogens with zero attached hydrogens (tertiary/aromatic N) is 3. The Labute approximate surface area is 104 Å². The summed E-state index contributed by atoms with van der Waals surface area (Å²) in [5.41, 5.74) is 1.11. The number of ether oxygens (including phenoxy) is 1. The zero-order chi connectivity index (χ0) is 12.4. The van der Waals surface area contributed by atoms with Crippen LogP contribution in [0.5, 0.6) is 0 Å². The first kappa shape index (κ1) is 11.9. The predicted molar refractivity (Wildman–Crippen MR) is 64.1 cm³/mol. The molecule has 1 saturated heterocycles. The molecular formula is C11H12ClN3O2. The molecule has 0 aliphatic carbocycles. The molecule has 6 heteroatoms. The van der Waals surface area contributed by atoms with Crippen molar-refractivity contribution >= 4 is 23.5 Å². The van der Waals surface area contributed by atoms with Gasteiger partial charge in [0.25, 0.3) is 0 Å². The minimum absolute atomic E-state index is 0.109. The van der Waals surface area contributed by atoms with E-state index < -0.39 is 6.09 Å². The van der Waals surface area contributed by atoms with E-state index in [9.17, 15) is 4.79 Å². The topological polar surface area (TPSA) is 55.3 Å². The molecule has 0 saturated carbocycles. The summed E-state index contributed by atoms with van der Waals surface area (Å²) in [6.07, 6.45) is 3.05. The molecule has 2 rings (SSSR count). The summed E-state index contributed by atoms with van der Waals surface area (Å²) in [7, 11) is 0. The van der Waals surface area contributed by atoms with Gasteiger partial charge in [0.2, 0.25) is 5.28 Å². The van der Waals surface area contributed by atoms with Gasteiger partial charge >= 0.3 is 6.09 Å². The first-order valence-electron chi connectivity index (χ1n) is 5.17. The number of rotatable bonds is 2. The zero-order valence-corrected chi connectivity index (χ0v) is 10.3. The number of carbonyl (C=O) groups excluding carboxylic acids is 1. The van der Waals surface area contributed by atoms with Crippen molar-refractivity contribution in [3.05, 3.63) is 29.2 Å². The summed E-state index contributed by atoms with van der Waals surface area (Å²) in [4.78, 5) is 20.9. The van der Waals surface area contributed by atoms with E-state index in [0.717, 1.165) is 5.57 Å². The normalized spacial score (nSPS) is 19.1. The van der Waals surface area contributed by atoms with Gasteiger partial charge in [-0.1, -0.05) is 11.6 Å². The molecule has 1 aliphatic rings. The van der Waals surface area contributed by atoms with Crippen LogP contribution in [0.1, 0.15) is 13.8 Å². The monoisotopic (exact) mass is 253 g/mol. The van der Waals surface area contributed by atoms with Crippen LogP contribution in [-0.4, -0.2) is 28.7 Å². The summed E-state index contributed by atoms with van der Waals surface area (Å²) < 4.78 is 5.01. The van der Waals surface area contributed by atoms with E-state index in [2.05, 4.69) is 9.97 Å².